The molecule has 1 heterocycles. The van der Waals surface area contributed by atoms with Crippen molar-refractivity contribution in [3.05, 3.63) is 0 Å². The first-order valence-electron chi connectivity index (χ1n) is 7.25. The molecule has 2 aliphatic rings. The first-order chi connectivity index (χ1) is 8.66. The van der Waals surface area contributed by atoms with E-state index in [2.05, 4.69) is 12.2 Å². The molecule has 0 aromatic rings. The first kappa shape index (κ1) is 16.7. The summed E-state index contributed by atoms with van der Waals surface area (Å²) in [6.07, 6.45) is 6.21. The van der Waals surface area contributed by atoms with Gasteiger partial charge in [-0.15, -0.1) is 12.4 Å². The number of hydrogen-bond acceptors (Lipinski definition) is 3. The van der Waals surface area contributed by atoms with Crippen LogP contribution in [0, 0.1) is 11.3 Å². The summed E-state index contributed by atoms with van der Waals surface area (Å²) in [5.74, 6) is 0.970. The zero-order valence-electron chi connectivity index (χ0n) is 11.8. The fourth-order valence-electron chi connectivity index (χ4n) is 3.03. The van der Waals surface area contributed by atoms with Crippen molar-refractivity contribution in [2.24, 2.45) is 17.1 Å². The smallest absolute Gasteiger partial charge is 0.227 e. The SMILES string of the molecule is CC1CCC(NC(=O)C2(CN)CCOCC2)CC1.Cl. The summed E-state index contributed by atoms with van der Waals surface area (Å²) < 4.78 is 5.35. The van der Waals surface area contributed by atoms with E-state index in [-0.39, 0.29) is 23.7 Å². The molecule has 2 fully saturated rings. The maximum absolute atomic E-state index is 12.5. The largest absolute Gasteiger partial charge is 0.381 e. The quantitative estimate of drug-likeness (QED) is 0.834. The normalized spacial score (nSPS) is 30.2. The van der Waals surface area contributed by atoms with Crippen molar-refractivity contribution in [3.8, 4) is 0 Å². The molecule has 0 aromatic carbocycles. The molecule has 1 aliphatic carbocycles. The summed E-state index contributed by atoms with van der Waals surface area (Å²) in [5.41, 5.74) is 5.48. The monoisotopic (exact) mass is 290 g/mol. The van der Waals surface area contributed by atoms with E-state index in [9.17, 15) is 4.79 Å². The molecule has 19 heavy (non-hydrogen) atoms. The predicted molar refractivity (Wildman–Crippen MR) is 78.4 cm³/mol. The minimum absolute atomic E-state index is 0. The van der Waals surface area contributed by atoms with E-state index in [4.69, 9.17) is 10.5 Å². The van der Waals surface area contributed by atoms with Gasteiger partial charge in [-0.05, 0) is 44.4 Å². The second kappa shape index (κ2) is 7.46. The third-order valence-electron chi connectivity index (χ3n) is 4.67. The minimum atomic E-state index is -0.374. The lowest BCUT2D eigenvalue weighted by atomic mass is 9.78. The van der Waals surface area contributed by atoms with Crippen molar-refractivity contribution in [2.45, 2.75) is 51.5 Å². The number of carbonyl (C=O) groups excluding carboxylic acids is 1. The number of hydrogen-bond donors (Lipinski definition) is 2. The number of ether oxygens (including phenoxy) is 1. The fourth-order valence-corrected chi connectivity index (χ4v) is 3.03. The second-order valence-electron chi connectivity index (χ2n) is 6.03. The Morgan fingerprint density at radius 3 is 2.37 bits per heavy atom. The zero-order chi connectivity index (χ0) is 13.0. The standard InChI is InChI=1S/C14H26N2O2.ClH/c1-11-2-4-12(5-3-11)16-13(17)14(10-15)6-8-18-9-7-14;/h11-12H,2-10,15H2,1H3,(H,16,17);1H. The molecule has 3 N–H and O–H groups in total. The van der Waals surface area contributed by atoms with Gasteiger partial charge in [0.05, 0.1) is 5.41 Å². The van der Waals surface area contributed by atoms with Crippen LogP contribution in [0.5, 0.6) is 0 Å². The highest BCUT2D eigenvalue weighted by molar-refractivity contribution is 5.85. The third kappa shape index (κ3) is 4.07. The molecule has 5 heteroatoms. The summed E-state index contributed by atoms with van der Waals surface area (Å²) in [6.45, 7) is 4.04. The molecule has 4 nitrogen and oxygen atoms in total. The molecular formula is C14H27ClN2O2. The van der Waals surface area contributed by atoms with Gasteiger partial charge in [0.2, 0.25) is 5.91 Å². The van der Waals surface area contributed by atoms with Crippen molar-refractivity contribution in [1.29, 1.82) is 0 Å². The summed E-state index contributed by atoms with van der Waals surface area (Å²) in [4.78, 5) is 12.5. The van der Waals surface area contributed by atoms with Gasteiger partial charge in [-0.2, -0.15) is 0 Å². The lowest BCUT2D eigenvalue weighted by Gasteiger charge is -2.37. The second-order valence-corrected chi connectivity index (χ2v) is 6.03. The van der Waals surface area contributed by atoms with Crippen molar-refractivity contribution in [1.82, 2.24) is 5.32 Å². The highest BCUT2D eigenvalue weighted by Crippen LogP contribution is 2.31. The van der Waals surface area contributed by atoms with Crippen LogP contribution in [0.3, 0.4) is 0 Å². The molecule has 1 saturated carbocycles. The van der Waals surface area contributed by atoms with Gasteiger partial charge < -0.3 is 15.8 Å². The molecule has 0 atom stereocenters. The van der Waals surface area contributed by atoms with Crippen molar-refractivity contribution >= 4 is 18.3 Å². The summed E-state index contributed by atoms with van der Waals surface area (Å²) in [5, 5.41) is 3.23. The van der Waals surface area contributed by atoms with E-state index in [1.54, 1.807) is 0 Å². The van der Waals surface area contributed by atoms with Crippen LogP contribution in [0.4, 0.5) is 0 Å². The van der Waals surface area contributed by atoms with Crippen LogP contribution in [0.15, 0.2) is 0 Å². The summed E-state index contributed by atoms with van der Waals surface area (Å²) >= 11 is 0. The van der Waals surface area contributed by atoms with Gasteiger partial charge in [0.15, 0.2) is 0 Å². The van der Waals surface area contributed by atoms with Crippen molar-refractivity contribution in [3.63, 3.8) is 0 Å². The zero-order valence-corrected chi connectivity index (χ0v) is 12.6. The lowest BCUT2D eigenvalue weighted by Crippen LogP contribution is -2.52. The Morgan fingerprint density at radius 2 is 1.84 bits per heavy atom. The van der Waals surface area contributed by atoms with Crippen LogP contribution in [0.2, 0.25) is 0 Å². The van der Waals surface area contributed by atoms with E-state index >= 15 is 0 Å². The van der Waals surface area contributed by atoms with E-state index < -0.39 is 0 Å². The Hall–Kier alpha value is -0.320. The van der Waals surface area contributed by atoms with Crippen LogP contribution in [0.25, 0.3) is 0 Å². The number of nitrogens with two attached hydrogens (primary N) is 1. The molecule has 112 valence electrons. The van der Waals surface area contributed by atoms with Gasteiger partial charge in [-0.25, -0.2) is 0 Å². The molecule has 2 rings (SSSR count). The van der Waals surface area contributed by atoms with Crippen molar-refractivity contribution in [2.75, 3.05) is 19.8 Å². The molecule has 1 aliphatic heterocycles. The Morgan fingerprint density at radius 1 is 1.26 bits per heavy atom. The van der Waals surface area contributed by atoms with Gasteiger partial charge in [-0.1, -0.05) is 6.92 Å². The van der Waals surface area contributed by atoms with E-state index in [1.807, 2.05) is 0 Å². The van der Waals surface area contributed by atoms with Gasteiger partial charge in [0.25, 0.3) is 0 Å². The fraction of sp³-hybridized carbons (Fsp3) is 0.929. The maximum Gasteiger partial charge on any atom is 0.227 e. The Balaban J connectivity index is 0.00000180. The average molecular weight is 291 g/mol. The van der Waals surface area contributed by atoms with Gasteiger partial charge in [0, 0.05) is 25.8 Å². The Labute approximate surface area is 122 Å². The average Bonchev–Trinajstić information content (AvgIpc) is 2.42. The number of nitrogens with one attached hydrogen (secondary N) is 1. The highest BCUT2D eigenvalue weighted by atomic mass is 35.5. The number of halogens is 1. The van der Waals surface area contributed by atoms with Crippen LogP contribution in [-0.2, 0) is 9.53 Å². The Kier molecular flexibility index (Phi) is 6.57. The van der Waals surface area contributed by atoms with Crippen molar-refractivity contribution < 1.29 is 9.53 Å². The molecule has 1 amide bonds. The topological polar surface area (TPSA) is 64.4 Å². The van der Waals surface area contributed by atoms with E-state index in [1.165, 1.54) is 12.8 Å². The van der Waals surface area contributed by atoms with E-state index in [0.717, 1.165) is 31.6 Å². The molecule has 1 saturated heterocycles. The number of rotatable bonds is 3. The van der Waals surface area contributed by atoms with Crippen LogP contribution in [0.1, 0.15) is 45.4 Å². The van der Waals surface area contributed by atoms with Gasteiger partial charge in [0.1, 0.15) is 0 Å². The van der Waals surface area contributed by atoms with Crippen LogP contribution >= 0.6 is 12.4 Å². The highest BCUT2D eigenvalue weighted by Gasteiger charge is 2.39. The van der Waals surface area contributed by atoms with E-state index in [0.29, 0.717) is 25.8 Å². The number of amides is 1. The lowest BCUT2D eigenvalue weighted by molar-refractivity contribution is -0.136. The first-order valence-corrected chi connectivity index (χ1v) is 7.25. The van der Waals surface area contributed by atoms with Gasteiger partial charge in [-0.3, -0.25) is 4.79 Å². The van der Waals surface area contributed by atoms with Gasteiger partial charge >= 0.3 is 0 Å². The maximum atomic E-state index is 12.5. The molecule has 0 bridgehead atoms. The minimum Gasteiger partial charge on any atom is -0.381 e. The molecule has 0 radical (unpaired) electrons. The molecule has 0 aromatic heterocycles. The van der Waals surface area contributed by atoms with Crippen LogP contribution < -0.4 is 11.1 Å². The summed E-state index contributed by atoms with van der Waals surface area (Å²) in [7, 11) is 0. The Bertz CT molecular complexity index is 285. The third-order valence-corrected chi connectivity index (χ3v) is 4.67. The predicted octanol–water partition coefficient (Wildman–Crippen LogP) is 1.86. The summed E-state index contributed by atoms with van der Waals surface area (Å²) in [6, 6.07) is 0.361. The molecule has 0 unspecified atom stereocenters. The molecule has 0 spiro atoms. The molecular weight excluding hydrogens is 264 g/mol. The number of carbonyl (C=O) groups is 1. The van der Waals surface area contributed by atoms with Crippen LogP contribution in [-0.4, -0.2) is 31.7 Å².